The molecule has 2 aromatic rings. The molecule has 0 radical (unpaired) electrons. The second-order valence-corrected chi connectivity index (χ2v) is 12.6. The highest BCUT2D eigenvalue weighted by Gasteiger charge is 3.00. The third kappa shape index (κ3) is 3.87. The highest BCUT2D eigenvalue weighted by atomic mass is 35.5. The SMILES string of the molecule is CCCOC(=O)N(C)CCN(C)C(=O)Oc1cc2c(c3ccccc13)C(CCl)CN2C(=O)C12CC3(C(C)=O)CC31C2. The van der Waals surface area contributed by atoms with Crippen molar-refractivity contribution in [1.29, 1.82) is 0 Å². The molecular weight excluding hydrogens is 546 g/mol. The molecule has 0 saturated heterocycles. The molecule has 6 rings (SSSR count). The van der Waals surface area contributed by atoms with E-state index in [2.05, 4.69) is 0 Å². The first kappa shape index (κ1) is 27.8. The van der Waals surface area contributed by atoms with Gasteiger partial charge >= 0.3 is 12.2 Å². The molecule has 4 atom stereocenters. The minimum absolute atomic E-state index is 0.0566. The number of fused-ring (bicyclic) bond motifs is 3. The van der Waals surface area contributed by atoms with Crippen LogP contribution in [0.5, 0.6) is 5.75 Å². The first-order valence-electron chi connectivity index (χ1n) is 14.3. The van der Waals surface area contributed by atoms with Crippen LogP contribution in [0, 0.1) is 16.2 Å². The van der Waals surface area contributed by atoms with Gasteiger partial charge in [0.1, 0.15) is 11.5 Å². The van der Waals surface area contributed by atoms with Crippen LogP contribution in [0.4, 0.5) is 15.3 Å². The average Bonchev–Trinajstić information content (AvgIpc) is 3.63. The zero-order chi connectivity index (χ0) is 29.3. The Morgan fingerprint density at radius 2 is 1.66 bits per heavy atom. The van der Waals surface area contributed by atoms with E-state index in [1.54, 1.807) is 27.1 Å². The molecule has 0 aromatic heterocycles. The number of carbonyl (C=O) groups excluding carboxylic acids is 4. The highest BCUT2D eigenvalue weighted by Crippen LogP contribution is 3.01. The van der Waals surface area contributed by atoms with Gasteiger partial charge < -0.3 is 24.2 Å². The number of benzene rings is 2. The molecule has 10 heteroatoms. The molecule has 3 amide bonds. The number of carbonyl (C=O) groups is 4. The largest absolute Gasteiger partial charge is 0.449 e. The van der Waals surface area contributed by atoms with Crippen LogP contribution in [0.1, 0.15) is 51.0 Å². The summed E-state index contributed by atoms with van der Waals surface area (Å²) in [6.07, 6.45) is 1.95. The Morgan fingerprint density at radius 1 is 1.00 bits per heavy atom. The fourth-order valence-electron chi connectivity index (χ4n) is 7.64. The summed E-state index contributed by atoms with van der Waals surface area (Å²) in [5, 5.41) is 1.66. The van der Waals surface area contributed by atoms with Crippen molar-refractivity contribution in [2.24, 2.45) is 16.2 Å². The van der Waals surface area contributed by atoms with Gasteiger partial charge in [0.2, 0.25) is 5.91 Å². The number of amides is 3. The van der Waals surface area contributed by atoms with Gasteiger partial charge in [0.15, 0.2) is 0 Å². The Morgan fingerprint density at radius 3 is 2.27 bits per heavy atom. The molecule has 9 nitrogen and oxygen atoms in total. The first-order valence-corrected chi connectivity index (χ1v) is 14.8. The van der Waals surface area contributed by atoms with Crippen molar-refractivity contribution in [3.8, 4) is 5.75 Å². The molecule has 0 N–H and O–H groups in total. The van der Waals surface area contributed by atoms with Crippen LogP contribution in [0.15, 0.2) is 30.3 Å². The molecule has 218 valence electrons. The van der Waals surface area contributed by atoms with E-state index >= 15 is 0 Å². The summed E-state index contributed by atoms with van der Waals surface area (Å²) in [5.41, 5.74) is 0.827. The van der Waals surface area contributed by atoms with E-state index in [1.807, 2.05) is 36.1 Å². The number of anilines is 1. The summed E-state index contributed by atoms with van der Waals surface area (Å²) in [4.78, 5) is 56.2. The number of rotatable bonds is 9. The molecule has 4 unspecified atom stereocenters. The van der Waals surface area contributed by atoms with E-state index in [0.29, 0.717) is 31.2 Å². The van der Waals surface area contributed by atoms with Gasteiger partial charge in [-0.25, -0.2) is 9.59 Å². The van der Waals surface area contributed by atoms with E-state index in [4.69, 9.17) is 21.1 Å². The minimum Gasteiger partial charge on any atom is -0.449 e. The first-order chi connectivity index (χ1) is 19.6. The number of ketones is 1. The molecule has 3 fully saturated rings. The van der Waals surface area contributed by atoms with Crippen molar-refractivity contribution in [3.63, 3.8) is 0 Å². The molecule has 1 spiro atoms. The molecule has 1 aliphatic heterocycles. The lowest BCUT2D eigenvalue weighted by atomic mass is 9.72. The van der Waals surface area contributed by atoms with Crippen molar-refractivity contribution in [2.75, 3.05) is 51.1 Å². The van der Waals surface area contributed by atoms with Crippen LogP contribution in [-0.4, -0.2) is 79.9 Å². The zero-order valence-electron chi connectivity index (χ0n) is 24.0. The Hall–Kier alpha value is -3.33. The van der Waals surface area contributed by atoms with Crippen LogP contribution in [0.3, 0.4) is 0 Å². The molecule has 3 aliphatic carbocycles. The summed E-state index contributed by atoms with van der Waals surface area (Å²) >= 11 is 6.44. The Labute approximate surface area is 244 Å². The smallest absolute Gasteiger partial charge is 0.415 e. The number of ether oxygens (including phenoxy) is 2. The normalized spacial score (nSPS) is 28.1. The van der Waals surface area contributed by atoms with E-state index in [9.17, 15) is 19.2 Å². The van der Waals surface area contributed by atoms with Gasteiger partial charge in [-0.1, -0.05) is 31.2 Å². The van der Waals surface area contributed by atoms with Crippen LogP contribution in [-0.2, 0) is 14.3 Å². The lowest BCUT2D eigenvalue weighted by Gasteiger charge is -2.34. The molecule has 4 aliphatic rings. The van der Waals surface area contributed by atoms with Gasteiger partial charge in [-0.2, -0.15) is 0 Å². The van der Waals surface area contributed by atoms with Gasteiger partial charge in [-0.3, -0.25) is 9.59 Å². The number of nitrogens with zero attached hydrogens (tertiary/aromatic N) is 3. The van der Waals surface area contributed by atoms with Crippen molar-refractivity contribution in [2.45, 2.75) is 45.4 Å². The summed E-state index contributed by atoms with van der Waals surface area (Å²) in [5.74, 6) is 0.919. The number of halogens is 1. The van der Waals surface area contributed by atoms with Gasteiger partial charge in [0.05, 0.1) is 17.7 Å². The van der Waals surface area contributed by atoms with Crippen molar-refractivity contribution >= 4 is 51.9 Å². The maximum absolute atomic E-state index is 14.1. The number of alkyl halides is 1. The fraction of sp³-hybridized carbons (Fsp3) is 0.548. The predicted octanol–water partition coefficient (Wildman–Crippen LogP) is 5.18. The zero-order valence-corrected chi connectivity index (χ0v) is 24.8. The fourth-order valence-corrected chi connectivity index (χ4v) is 7.89. The lowest BCUT2D eigenvalue weighted by Crippen LogP contribution is -2.45. The standard InChI is InChI=1S/C31H36ClN3O6/c1-5-12-40-27(38)33(3)10-11-34(4)28(39)41-24-13-23-25(22-9-7-6-8-21(22)24)20(14-32)15-35(23)26(37)30-16-29(19(2)36)17-31(29,30)18-30/h6-9,13,20H,5,10-12,14-18H2,1-4H3. The summed E-state index contributed by atoms with van der Waals surface area (Å²) in [6.45, 7) is 4.91. The van der Waals surface area contributed by atoms with Gasteiger partial charge in [-0.15, -0.1) is 11.6 Å². The lowest BCUT2D eigenvalue weighted by molar-refractivity contribution is -0.133. The van der Waals surface area contributed by atoms with Gasteiger partial charge in [0.25, 0.3) is 0 Å². The minimum atomic E-state index is -0.571. The van der Waals surface area contributed by atoms with Gasteiger partial charge in [0, 0.05) is 62.4 Å². The number of likely N-dealkylation sites (N-methyl/N-ethyl adjacent to an activating group) is 2. The van der Waals surface area contributed by atoms with Crippen LogP contribution in [0.25, 0.3) is 10.8 Å². The quantitative estimate of drug-likeness (QED) is 0.379. The van der Waals surface area contributed by atoms with E-state index in [1.165, 1.54) is 9.80 Å². The van der Waals surface area contributed by atoms with Crippen molar-refractivity contribution in [3.05, 3.63) is 35.9 Å². The van der Waals surface area contributed by atoms with E-state index < -0.39 is 17.6 Å². The van der Waals surface area contributed by atoms with Crippen molar-refractivity contribution < 1.29 is 28.7 Å². The molecular formula is C31H36ClN3O6. The molecule has 2 aromatic carbocycles. The van der Waals surface area contributed by atoms with Crippen molar-refractivity contribution in [1.82, 2.24) is 9.80 Å². The van der Waals surface area contributed by atoms with Crippen LogP contribution in [0.2, 0.25) is 0 Å². The number of hydrogen-bond donors (Lipinski definition) is 0. The Bertz CT molecular complexity index is 1480. The second kappa shape index (κ2) is 9.61. The number of hydrogen-bond acceptors (Lipinski definition) is 6. The van der Waals surface area contributed by atoms with E-state index in [0.717, 1.165) is 41.3 Å². The Balaban J connectivity index is 1.24. The third-order valence-electron chi connectivity index (χ3n) is 10.1. The molecule has 1 heterocycles. The monoisotopic (exact) mass is 581 g/mol. The predicted molar refractivity (Wildman–Crippen MR) is 155 cm³/mol. The second-order valence-electron chi connectivity index (χ2n) is 12.3. The molecule has 41 heavy (non-hydrogen) atoms. The van der Waals surface area contributed by atoms with Gasteiger partial charge in [-0.05, 0) is 49.0 Å². The maximum atomic E-state index is 14.1. The van der Waals surface area contributed by atoms with Crippen LogP contribution < -0.4 is 9.64 Å². The Kier molecular flexibility index (Phi) is 6.52. The van der Waals surface area contributed by atoms with E-state index in [-0.39, 0.29) is 41.5 Å². The summed E-state index contributed by atoms with van der Waals surface area (Å²) in [7, 11) is 3.24. The summed E-state index contributed by atoms with van der Waals surface area (Å²) < 4.78 is 11.1. The highest BCUT2D eigenvalue weighted by molar-refractivity contribution is 6.19. The number of Topliss-reactive ketones (excluding diaryl/α,β-unsaturated/α-hetero) is 1. The molecule has 3 saturated carbocycles. The average molecular weight is 582 g/mol. The topological polar surface area (TPSA) is 96.5 Å². The maximum Gasteiger partial charge on any atom is 0.415 e. The third-order valence-corrected chi connectivity index (χ3v) is 10.4. The molecule has 0 bridgehead atoms. The van der Waals surface area contributed by atoms with Crippen LogP contribution >= 0.6 is 11.6 Å². The summed E-state index contributed by atoms with van der Waals surface area (Å²) in [6, 6.07) is 9.47.